The molecular formula is C25H25N5O4S. The molecule has 0 saturated carbocycles. The first-order valence-electron chi connectivity index (χ1n) is 11.2. The average molecular weight is 492 g/mol. The topological polar surface area (TPSA) is 117 Å². The number of morpholine rings is 1. The Morgan fingerprint density at radius 2 is 1.91 bits per heavy atom. The van der Waals surface area contributed by atoms with Gasteiger partial charge in [-0.2, -0.15) is 14.7 Å². The lowest BCUT2D eigenvalue weighted by atomic mass is 10.1. The molecular weight excluding hydrogens is 466 g/mol. The molecule has 0 bridgehead atoms. The van der Waals surface area contributed by atoms with E-state index < -0.39 is 15.9 Å². The van der Waals surface area contributed by atoms with E-state index in [9.17, 15) is 18.5 Å². The van der Waals surface area contributed by atoms with Crippen molar-refractivity contribution in [3.05, 3.63) is 71.9 Å². The van der Waals surface area contributed by atoms with Crippen molar-refractivity contribution in [1.29, 1.82) is 5.26 Å². The second-order valence-corrected chi connectivity index (χ2v) is 9.72. The predicted octanol–water partition coefficient (Wildman–Crippen LogP) is 2.60. The Hall–Kier alpha value is -3.78. The number of carbonyl (C=O) groups is 1. The summed E-state index contributed by atoms with van der Waals surface area (Å²) in [5.41, 5.74) is 2.22. The highest BCUT2D eigenvalue weighted by molar-refractivity contribution is 7.89. The van der Waals surface area contributed by atoms with Crippen LogP contribution >= 0.6 is 0 Å². The summed E-state index contributed by atoms with van der Waals surface area (Å²) in [7, 11) is -3.71. The molecule has 1 aromatic heterocycles. The summed E-state index contributed by atoms with van der Waals surface area (Å²) >= 11 is 0. The largest absolute Gasteiger partial charge is 0.379 e. The van der Waals surface area contributed by atoms with Gasteiger partial charge in [0.1, 0.15) is 17.3 Å². The third kappa shape index (κ3) is 5.33. The van der Waals surface area contributed by atoms with Crippen LogP contribution in [-0.2, 0) is 19.6 Å². The minimum Gasteiger partial charge on any atom is -0.379 e. The van der Waals surface area contributed by atoms with Crippen LogP contribution in [0.4, 0.5) is 0 Å². The molecule has 180 valence electrons. The molecule has 3 aromatic rings. The van der Waals surface area contributed by atoms with E-state index >= 15 is 0 Å². The molecule has 2 aromatic carbocycles. The zero-order chi connectivity index (χ0) is 24.8. The summed E-state index contributed by atoms with van der Waals surface area (Å²) in [6.07, 6.45) is 3.18. The Bertz CT molecular complexity index is 1380. The fourth-order valence-corrected chi connectivity index (χ4v) is 5.18. The first-order chi connectivity index (χ1) is 16.9. The van der Waals surface area contributed by atoms with Crippen molar-refractivity contribution >= 4 is 22.0 Å². The van der Waals surface area contributed by atoms with Gasteiger partial charge in [0.15, 0.2) is 0 Å². The second kappa shape index (κ2) is 10.7. The summed E-state index contributed by atoms with van der Waals surface area (Å²) in [6.45, 7) is 3.45. The van der Waals surface area contributed by atoms with E-state index in [0.29, 0.717) is 49.7 Å². The molecule has 0 atom stereocenters. The van der Waals surface area contributed by atoms with Crippen molar-refractivity contribution < 1.29 is 17.9 Å². The molecule has 1 aliphatic heterocycles. The number of para-hydroxylation sites is 1. The Labute approximate surface area is 204 Å². The van der Waals surface area contributed by atoms with E-state index in [1.807, 2.05) is 36.4 Å². The maximum atomic E-state index is 13.2. The van der Waals surface area contributed by atoms with Gasteiger partial charge in [-0.25, -0.2) is 13.1 Å². The summed E-state index contributed by atoms with van der Waals surface area (Å²) in [4.78, 5) is 12.5. The summed E-state index contributed by atoms with van der Waals surface area (Å²) in [5, 5.41) is 16.9. The van der Waals surface area contributed by atoms with Crippen LogP contribution < -0.4 is 5.32 Å². The van der Waals surface area contributed by atoms with Gasteiger partial charge in [0.25, 0.3) is 5.91 Å². The zero-order valence-electron chi connectivity index (χ0n) is 19.2. The molecule has 1 amide bonds. The fourth-order valence-electron chi connectivity index (χ4n) is 3.73. The normalized spacial score (nSPS) is 14.9. The molecule has 0 radical (unpaired) electrons. The number of hydrogen-bond donors (Lipinski definition) is 1. The van der Waals surface area contributed by atoms with Crippen LogP contribution in [0.3, 0.4) is 0 Å². The van der Waals surface area contributed by atoms with E-state index in [2.05, 4.69) is 10.4 Å². The van der Waals surface area contributed by atoms with Crippen LogP contribution in [0.1, 0.15) is 12.5 Å². The zero-order valence-corrected chi connectivity index (χ0v) is 20.0. The molecule has 9 nitrogen and oxygen atoms in total. The molecule has 10 heteroatoms. The molecule has 1 saturated heterocycles. The first kappa shape index (κ1) is 24.3. The van der Waals surface area contributed by atoms with Gasteiger partial charge in [-0.15, -0.1) is 0 Å². The van der Waals surface area contributed by atoms with Gasteiger partial charge >= 0.3 is 0 Å². The Morgan fingerprint density at radius 3 is 2.60 bits per heavy atom. The molecule has 1 fully saturated rings. The fraction of sp³-hybridized carbons (Fsp3) is 0.240. The van der Waals surface area contributed by atoms with Gasteiger partial charge in [0.05, 0.1) is 23.8 Å². The van der Waals surface area contributed by atoms with Gasteiger partial charge in [0, 0.05) is 37.0 Å². The monoisotopic (exact) mass is 491 g/mol. The number of nitriles is 1. The van der Waals surface area contributed by atoms with Crippen LogP contribution in [0.15, 0.2) is 71.3 Å². The van der Waals surface area contributed by atoms with Crippen LogP contribution in [0.25, 0.3) is 23.0 Å². The first-order valence-corrected chi connectivity index (χ1v) is 12.6. The number of benzene rings is 2. The number of ether oxygens (including phenoxy) is 1. The third-order valence-corrected chi connectivity index (χ3v) is 7.38. The second-order valence-electron chi connectivity index (χ2n) is 7.79. The number of sulfonamides is 1. The Morgan fingerprint density at radius 1 is 1.17 bits per heavy atom. The summed E-state index contributed by atoms with van der Waals surface area (Å²) in [5.74, 6) is -0.489. The number of nitrogens with zero attached hydrogens (tertiary/aromatic N) is 4. The Balaban J connectivity index is 1.82. The minimum absolute atomic E-state index is 0.0715. The minimum atomic E-state index is -3.71. The van der Waals surface area contributed by atoms with E-state index in [4.69, 9.17) is 4.74 Å². The van der Waals surface area contributed by atoms with E-state index in [0.717, 1.165) is 5.69 Å². The number of aromatic nitrogens is 2. The third-order valence-electron chi connectivity index (χ3n) is 5.48. The molecule has 0 aliphatic carbocycles. The lowest BCUT2D eigenvalue weighted by molar-refractivity contribution is -0.116. The van der Waals surface area contributed by atoms with Crippen LogP contribution in [-0.4, -0.2) is 61.3 Å². The van der Waals surface area contributed by atoms with Gasteiger partial charge in [-0.1, -0.05) is 30.3 Å². The predicted molar refractivity (Wildman–Crippen MR) is 131 cm³/mol. The smallest absolute Gasteiger partial charge is 0.261 e. The number of nitrogens with one attached hydrogen (secondary N) is 1. The van der Waals surface area contributed by atoms with Crippen LogP contribution in [0.2, 0.25) is 0 Å². The number of amides is 1. The maximum absolute atomic E-state index is 13.2. The molecule has 0 unspecified atom stereocenters. The maximum Gasteiger partial charge on any atom is 0.261 e. The highest BCUT2D eigenvalue weighted by atomic mass is 32.2. The SMILES string of the molecule is CCNC(=O)/C(C#N)=C\c1cn(-c2ccccc2)nc1-c1cccc(S(=O)(=O)N2CCOCC2)c1. The number of carbonyl (C=O) groups excluding carboxylic acids is 1. The summed E-state index contributed by atoms with van der Waals surface area (Å²) in [6, 6.07) is 17.8. The lowest BCUT2D eigenvalue weighted by Gasteiger charge is -2.26. The quantitative estimate of drug-likeness (QED) is 0.401. The number of likely N-dealkylation sites (N-methyl/N-ethyl adjacent to an activating group) is 1. The van der Waals surface area contributed by atoms with Crippen LogP contribution in [0, 0.1) is 11.3 Å². The van der Waals surface area contributed by atoms with Gasteiger partial charge in [-0.3, -0.25) is 4.79 Å². The van der Waals surface area contributed by atoms with Gasteiger partial charge < -0.3 is 10.1 Å². The summed E-state index contributed by atoms with van der Waals surface area (Å²) < 4.78 is 34.7. The highest BCUT2D eigenvalue weighted by Crippen LogP contribution is 2.29. The molecule has 4 rings (SSSR count). The van der Waals surface area contributed by atoms with E-state index in [-0.39, 0.29) is 10.5 Å². The standard InChI is InChI=1S/C25H25N5O4S/c1-2-27-25(31)20(17-26)15-21-18-30(22-8-4-3-5-9-22)28-24(21)19-7-6-10-23(16-19)35(32,33)29-11-13-34-14-12-29/h3-10,15-16,18H,2,11-14H2,1H3,(H,27,31)/b20-15-. The van der Waals surface area contributed by atoms with Crippen molar-refractivity contribution in [3.8, 4) is 23.0 Å². The van der Waals surface area contributed by atoms with E-state index in [1.165, 1.54) is 10.4 Å². The van der Waals surface area contributed by atoms with Gasteiger partial charge in [-0.05, 0) is 37.3 Å². The number of rotatable bonds is 7. The van der Waals surface area contributed by atoms with Crippen molar-refractivity contribution in [2.45, 2.75) is 11.8 Å². The molecule has 1 aliphatic rings. The average Bonchev–Trinajstić information content (AvgIpc) is 3.32. The molecule has 0 spiro atoms. The molecule has 2 heterocycles. The Kier molecular flexibility index (Phi) is 7.41. The molecule has 1 N–H and O–H groups in total. The van der Waals surface area contributed by atoms with Crippen LogP contribution in [0.5, 0.6) is 0 Å². The van der Waals surface area contributed by atoms with Crippen molar-refractivity contribution in [1.82, 2.24) is 19.4 Å². The van der Waals surface area contributed by atoms with Crippen molar-refractivity contribution in [3.63, 3.8) is 0 Å². The number of hydrogen-bond acceptors (Lipinski definition) is 6. The van der Waals surface area contributed by atoms with E-state index in [1.54, 1.807) is 42.1 Å². The van der Waals surface area contributed by atoms with Crippen molar-refractivity contribution in [2.75, 3.05) is 32.8 Å². The lowest BCUT2D eigenvalue weighted by Crippen LogP contribution is -2.40. The molecule has 35 heavy (non-hydrogen) atoms. The van der Waals surface area contributed by atoms with Crippen molar-refractivity contribution in [2.24, 2.45) is 0 Å². The highest BCUT2D eigenvalue weighted by Gasteiger charge is 2.27. The van der Waals surface area contributed by atoms with Gasteiger partial charge in [0.2, 0.25) is 10.0 Å².